The first-order valence-electron chi connectivity index (χ1n) is 7.71. The first-order valence-corrected chi connectivity index (χ1v) is 7.71. The van der Waals surface area contributed by atoms with Crippen molar-refractivity contribution in [1.29, 1.82) is 0 Å². The number of fused-ring (bicyclic) bond motifs is 1. The summed E-state index contributed by atoms with van der Waals surface area (Å²) >= 11 is 0. The molecule has 7 heteroatoms. The Morgan fingerprint density at radius 1 is 1.20 bits per heavy atom. The van der Waals surface area contributed by atoms with Gasteiger partial charge in [0.2, 0.25) is 0 Å². The first kappa shape index (κ1) is 16.9. The summed E-state index contributed by atoms with van der Waals surface area (Å²) in [7, 11) is 0. The molecule has 3 rings (SSSR count). The van der Waals surface area contributed by atoms with E-state index in [1.807, 2.05) is 0 Å². The van der Waals surface area contributed by atoms with Crippen LogP contribution in [0, 0.1) is 18.6 Å². The molecule has 0 heterocycles. The summed E-state index contributed by atoms with van der Waals surface area (Å²) in [5, 5.41) is 2.67. The Labute approximate surface area is 142 Å². The van der Waals surface area contributed by atoms with Crippen molar-refractivity contribution >= 4 is 17.7 Å². The third-order valence-corrected chi connectivity index (χ3v) is 4.20. The fraction of sp³-hybridized carbons (Fsp3) is 0.222. The molecule has 1 aliphatic rings. The molecule has 1 unspecified atom stereocenters. The van der Waals surface area contributed by atoms with Crippen molar-refractivity contribution in [3.8, 4) is 0 Å². The average molecular weight is 346 g/mol. The van der Waals surface area contributed by atoms with Gasteiger partial charge in [0.1, 0.15) is 17.7 Å². The summed E-state index contributed by atoms with van der Waals surface area (Å²) in [6.45, 7) is 1.59. The van der Waals surface area contributed by atoms with Crippen molar-refractivity contribution in [2.24, 2.45) is 5.73 Å². The van der Waals surface area contributed by atoms with Gasteiger partial charge in [0, 0.05) is 16.8 Å². The Morgan fingerprint density at radius 2 is 1.92 bits per heavy atom. The van der Waals surface area contributed by atoms with Crippen LogP contribution in [-0.4, -0.2) is 12.0 Å². The van der Waals surface area contributed by atoms with E-state index < -0.39 is 23.9 Å². The van der Waals surface area contributed by atoms with Gasteiger partial charge in [-0.1, -0.05) is 0 Å². The van der Waals surface area contributed by atoms with Gasteiger partial charge in [0.05, 0.1) is 0 Å². The molecule has 0 radical (unpaired) electrons. The minimum atomic E-state index is -0.992. The zero-order chi connectivity index (χ0) is 18.1. The monoisotopic (exact) mass is 346 g/mol. The number of rotatable bonds is 3. The molecule has 0 fully saturated rings. The molecule has 25 heavy (non-hydrogen) atoms. The molecule has 0 spiro atoms. The molecular formula is C18H16F2N2O3. The minimum Gasteiger partial charge on any atom is -0.441 e. The lowest BCUT2D eigenvalue weighted by Gasteiger charge is -2.14. The maximum Gasteiger partial charge on any atom is 0.405 e. The standard InChI is InChI=1S/C18H16F2N2O3/c1-9-8-10(2-5-13(9)19)22-17(23)12-3-6-14(20)16-11(12)4-7-15(16)25-18(21)24/h2-3,5-6,8,15H,4,7H2,1H3,(H2,21,24)(H,22,23). The van der Waals surface area contributed by atoms with Gasteiger partial charge < -0.3 is 15.8 Å². The second-order valence-corrected chi connectivity index (χ2v) is 5.87. The number of hydrogen-bond donors (Lipinski definition) is 2. The molecule has 130 valence electrons. The quantitative estimate of drug-likeness (QED) is 0.891. The van der Waals surface area contributed by atoms with Crippen molar-refractivity contribution in [2.75, 3.05) is 5.32 Å². The number of aryl methyl sites for hydroxylation is 1. The molecule has 5 nitrogen and oxygen atoms in total. The Bertz CT molecular complexity index is 868. The number of anilines is 1. The van der Waals surface area contributed by atoms with E-state index in [9.17, 15) is 18.4 Å². The number of ether oxygens (including phenoxy) is 1. The number of carbonyl (C=O) groups excluding carboxylic acids is 2. The SMILES string of the molecule is Cc1cc(NC(=O)c2ccc(F)c3c2CCC3OC(N)=O)ccc1F. The summed E-state index contributed by atoms with van der Waals surface area (Å²) in [6, 6.07) is 6.76. The van der Waals surface area contributed by atoms with E-state index in [2.05, 4.69) is 5.32 Å². The van der Waals surface area contributed by atoms with E-state index in [-0.39, 0.29) is 16.9 Å². The van der Waals surface area contributed by atoms with Crippen LogP contribution in [0.4, 0.5) is 19.3 Å². The largest absolute Gasteiger partial charge is 0.441 e. The second kappa shape index (κ2) is 6.51. The van der Waals surface area contributed by atoms with Crippen molar-refractivity contribution in [3.63, 3.8) is 0 Å². The zero-order valence-corrected chi connectivity index (χ0v) is 13.4. The van der Waals surface area contributed by atoms with Gasteiger partial charge in [-0.05, 0) is 61.2 Å². The maximum atomic E-state index is 14.2. The molecule has 0 saturated heterocycles. The van der Waals surface area contributed by atoms with E-state index >= 15 is 0 Å². The van der Waals surface area contributed by atoms with E-state index in [0.717, 1.165) is 6.07 Å². The van der Waals surface area contributed by atoms with Gasteiger partial charge in [-0.3, -0.25) is 4.79 Å². The lowest BCUT2D eigenvalue weighted by Crippen LogP contribution is -2.17. The third kappa shape index (κ3) is 3.31. The van der Waals surface area contributed by atoms with E-state index in [1.165, 1.54) is 24.3 Å². The normalized spacial score (nSPS) is 15.6. The lowest BCUT2D eigenvalue weighted by atomic mass is 10.0. The van der Waals surface area contributed by atoms with E-state index in [0.29, 0.717) is 29.7 Å². The van der Waals surface area contributed by atoms with Crippen LogP contribution in [0.3, 0.4) is 0 Å². The van der Waals surface area contributed by atoms with Gasteiger partial charge in [-0.2, -0.15) is 0 Å². The van der Waals surface area contributed by atoms with Crippen molar-refractivity contribution in [1.82, 2.24) is 0 Å². The molecule has 1 atom stereocenters. The zero-order valence-electron chi connectivity index (χ0n) is 13.4. The van der Waals surface area contributed by atoms with Crippen LogP contribution >= 0.6 is 0 Å². The van der Waals surface area contributed by atoms with Crippen molar-refractivity contribution in [3.05, 3.63) is 64.2 Å². The number of nitrogens with one attached hydrogen (secondary N) is 1. The maximum absolute atomic E-state index is 14.2. The molecule has 2 amide bonds. The van der Waals surface area contributed by atoms with Crippen LogP contribution in [0.25, 0.3) is 0 Å². The number of amides is 2. The molecule has 0 saturated carbocycles. The molecule has 2 aromatic rings. The number of halogens is 2. The van der Waals surface area contributed by atoms with Crippen molar-refractivity contribution < 1.29 is 23.1 Å². The smallest absolute Gasteiger partial charge is 0.405 e. The highest BCUT2D eigenvalue weighted by Gasteiger charge is 2.32. The van der Waals surface area contributed by atoms with Crippen LogP contribution < -0.4 is 11.1 Å². The summed E-state index contributed by atoms with van der Waals surface area (Å²) in [4.78, 5) is 23.5. The fourth-order valence-corrected chi connectivity index (χ4v) is 3.07. The number of hydrogen-bond acceptors (Lipinski definition) is 3. The number of nitrogens with two attached hydrogens (primary N) is 1. The predicted octanol–water partition coefficient (Wildman–Crippen LogP) is 3.61. The highest BCUT2D eigenvalue weighted by atomic mass is 19.1. The molecule has 0 aromatic heterocycles. The molecule has 3 N–H and O–H groups in total. The molecule has 0 aliphatic heterocycles. The van der Waals surface area contributed by atoms with Gasteiger partial charge in [-0.25, -0.2) is 13.6 Å². The molecule has 0 bridgehead atoms. The van der Waals surface area contributed by atoms with Gasteiger partial charge >= 0.3 is 6.09 Å². The van der Waals surface area contributed by atoms with Crippen LogP contribution in [0.1, 0.15) is 39.6 Å². The number of carbonyl (C=O) groups is 2. The van der Waals surface area contributed by atoms with Crippen LogP contribution in [0.5, 0.6) is 0 Å². The fourth-order valence-electron chi connectivity index (χ4n) is 3.07. The number of primary amides is 1. The Hall–Kier alpha value is -2.96. The highest BCUT2D eigenvalue weighted by Crippen LogP contribution is 2.38. The molecular weight excluding hydrogens is 330 g/mol. The minimum absolute atomic E-state index is 0.182. The Kier molecular flexibility index (Phi) is 4.39. The summed E-state index contributed by atoms with van der Waals surface area (Å²) in [6.07, 6.45) is -1.05. The van der Waals surface area contributed by atoms with Crippen LogP contribution in [-0.2, 0) is 11.2 Å². The molecule has 2 aromatic carbocycles. The van der Waals surface area contributed by atoms with Gasteiger partial charge in [-0.15, -0.1) is 0 Å². The Balaban J connectivity index is 1.90. The van der Waals surface area contributed by atoms with E-state index in [4.69, 9.17) is 10.5 Å². The summed E-state index contributed by atoms with van der Waals surface area (Å²) in [5.74, 6) is -1.36. The lowest BCUT2D eigenvalue weighted by molar-refractivity contribution is 0.102. The van der Waals surface area contributed by atoms with Crippen molar-refractivity contribution in [2.45, 2.75) is 25.9 Å². The van der Waals surface area contributed by atoms with Gasteiger partial charge in [0.15, 0.2) is 0 Å². The summed E-state index contributed by atoms with van der Waals surface area (Å²) < 4.78 is 32.4. The van der Waals surface area contributed by atoms with E-state index in [1.54, 1.807) is 6.92 Å². The van der Waals surface area contributed by atoms with Crippen LogP contribution in [0.15, 0.2) is 30.3 Å². The van der Waals surface area contributed by atoms with Gasteiger partial charge in [0.25, 0.3) is 5.91 Å². The highest BCUT2D eigenvalue weighted by molar-refractivity contribution is 6.05. The summed E-state index contributed by atoms with van der Waals surface area (Å²) in [5.41, 5.74) is 6.80. The first-order chi connectivity index (χ1) is 11.9. The number of benzene rings is 2. The Morgan fingerprint density at radius 3 is 2.60 bits per heavy atom. The third-order valence-electron chi connectivity index (χ3n) is 4.20. The second-order valence-electron chi connectivity index (χ2n) is 5.87. The molecule has 1 aliphatic carbocycles. The topological polar surface area (TPSA) is 81.4 Å². The van der Waals surface area contributed by atoms with Crippen LogP contribution in [0.2, 0.25) is 0 Å². The average Bonchev–Trinajstić information content (AvgIpc) is 2.95. The predicted molar refractivity (Wildman–Crippen MR) is 87.2 cm³/mol.